The maximum absolute atomic E-state index is 9.58. The quantitative estimate of drug-likeness (QED) is 0.671. The molecule has 1 N–H and O–H groups in total. The lowest BCUT2D eigenvalue weighted by Gasteiger charge is -2.26. The van der Waals surface area contributed by atoms with Crippen LogP contribution in [0.25, 0.3) is 0 Å². The number of ether oxygens (including phenoxy) is 1. The van der Waals surface area contributed by atoms with Gasteiger partial charge in [-0.25, -0.2) is 0 Å². The molecule has 72 valence electrons. The average molecular weight is 173 g/mol. The Hall–Kier alpha value is -0.120. The molecule has 0 aromatic carbocycles. The maximum atomic E-state index is 9.58. The van der Waals surface area contributed by atoms with E-state index < -0.39 is 0 Å². The smallest absolute Gasteiger partial charge is 0.0695 e. The van der Waals surface area contributed by atoms with Crippen molar-refractivity contribution in [3.8, 4) is 0 Å². The van der Waals surface area contributed by atoms with Gasteiger partial charge in [0.15, 0.2) is 0 Å². The van der Waals surface area contributed by atoms with Gasteiger partial charge in [0.05, 0.1) is 12.7 Å². The maximum Gasteiger partial charge on any atom is 0.0695 e. The summed E-state index contributed by atoms with van der Waals surface area (Å²) < 4.78 is 4.98. The molecule has 0 heterocycles. The van der Waals surface area contributed by atoms with Crippen molar-refractivity contribution in [1.82, 2.24) is 4.90 Å². The van der Waals surface area contributed by atoms with Crippen LogP contribution in [0.3, 0.4) is 0 Å². The van der Waals surface area contributed by atoms with Crippen molar-refractivity contribution in [3.05, 3.63) is 0 Å². The van der Waals surface area contributed by atoms with Gasteiger partial charge in [-0.2, -0.15) is 0 Å². The Kier molecular flexibility index (Phi) is 3.98. The van der Waals surface area contributed by atoms with Crippen LogP contribution in [0.5, 0.6) is 0 Å². The molecule has 0 aromatic rings. The molecular formula is C9H19NO2. The zero-order valence-electron chi connectivity index (χ0n) is 7.99. The van der Waals surface area contributed by atoms with Gasteiger partial charge in [-0.05, 0) is 26.3 Å². The first kappa shape index (κ1) is 9.96. The van der Waals surface area contributed by atoms with Crippen LogP contribution < -0.4 is 0 Å². The summed E-state index contributed by atoms with van der Waals surface area (Å²) in [4.78, 5) is 2.20. The topological polar surface area (TPSA) is 32.7 Å². The van der Waals surface area contributed by atoms with Crippen molar-refractivity contribution in [2.45, 2.75) is 31.4 Å². The van der Waals surface area contributed by atoms with Crippen LogP contribution in [-0.4, -0.2) is 49.5 Å². The highest BCUT2D eigenvalue weighted by atomic mass is 16.5. The molecule has 12 heavy (non-hydrogen) atoms. The van der Waals surface area contributed by atoms with E-state index in [1.807, 2.05) is 0 Å². The second kappa shape index (κ2) is 4.80. The average Bonchev–Trinajstić information content (AvgIpc) is 2.47. The van der Waals surface area contributed by atoms with Crippen molar-refractivity contribution in [2.24, 2.45) is 0 Å². The minimum Gasteiger partial charge on any atom is -0.391 e. The summed E-state index contributed by atoms with van der Waals surface area (Å²) in [5.74, 6) is 0. The van der Waals surface area contributed by atoms with E-state index in [2.05, 4.69) is 11.9 Å². The Bertz CT molecular complexity index is 130. The van der Waals surface area contributed by atoms with E-state index in [0.29, 0.717) is 6.04 Å². The first-order chi connectivity index (χ1) is 5.75. The molecule has 3 nitrogen and oxygen atoms in total. The van der Waals surface area contributed by atoms with Crippen molar-refractivity contribution in [1.29, 1.82) is 0 Å². The second-order valence-corrected chi connectivity index (χ2v) is 3.54. The standard InChI is InChI=1S/C9H19NO2/c1-10(6-7-12-2)8-4-3-5-9(8)11/h8-9,11H,3-7H2,1-2H3/t8-,9-/m1/s1. The van der Waals surface area contributed by atoms with Gasteiger partial charge in [0.2, 0.25) is 0 Å². The summed E-state index contributed by atoms with van der Waals surface area (Å²) in [5.41, 5.74) is 0. The fraction of sp³-hybridized carbons (Fsp3) is 1.00. The fourth-order valence-electron chi connectivity index (χ4n) is 1.84. The van der Waals surface area contributed by atoms with Crippen molar-refractivity contribution >= 4 is 0 Å². The first-order valence-corrected chi connectivity index (χ1v) is 4.63. The number of rotatable bonds is 4. The predicted octanol–water partition coefficient (Wildman–Crippen LogP) is 0.478. The monoisotopic (exact) mass is 173 g/mol. The lowest BCUT2D eigenvalue weighted by atomic mass is 10.2. The van der Waals surface area contributed by atoms with Gasteiger partial charge in [0, 0.05) is 19.7 Å². The Morgan fingerprint density at radius 2 is 2.25 bits per heavy atom. The molecule has 1 fully saturated rings. The van der Waals surface area contributed by atoms with Crippen LogP contribution in [0.2, 0.25) is 0 Å². The zero-order valence-corrected chi connectivity index (χ0v) is 7.99. The van der Waals surface area contributed by atoms with Gasteiger partial charge in [0.1, 0.15) is 0 Å². The van der Waals surface area contributed by atoms with Crippen LogP contribution in [-0.2, 0) is 4.74 Å². The van der Waals surface area contributed by atoms with Crippen molar-refractivity contribution < 1.29 is 9.84 Å². The summed E-state index contributed by atoms with van der Waals surface area (Å²) >= 11 is 0. The van der Waals surface area contributed by atoms with Crippen LogP contribution in [0.15, 0.2) is 0 Å². The molecule has 0 amide bonds. The molecule has 0 radical (unpaired) electrons. The normalized spacial score (nSPS) is 30.0. The zero-order chi connectivity index (χ0) is 8.97. The molecular weight excluding hydrogens is 154 g/mol. The summed E-state index contributed by atoms with van der Waals surface area (Å²) in [5, 5.41) is 9.58. The first-order valence-electron chi connectivity index (χ1n) is 4.63. The highest BCUT2D eigenvalue weighted by Gasteiger charge is 2.27. The third-order valence-electron chi connectivity index (χ3n) is 2.66. The van der Waals surface area contributed by atoms with Gasteiger partial charge in [-0.3, -0.25) is 4.90 Å². The van der Waals surface area contributed by atoms with Gasteiger partial charge in [-0.15, -0.1) is 0 Å². The summed E-state index contributed by atoms with van der Waals surface area (Å²) in [6.45, 7) is 1.66. The third kappa shape index (κ3) is 2.44. The predicted molar refractivity (Wildman–Crippen MR) is 48.2 cm³/mol. The van der Waals surface area contributed by atoms with E-state index in [0.717, 1.165) is 32.4 Å². The largest absolute Gasteiger partial charge is 0.391 e. The molecule has 0 aromatic heterocycles. The molecule has 1 aliphatic carbocycles. The Balaban J connectivity index is 2.25. The Labute approximate surface area is 74.3 Å². The lowest BCUT2D eigenvalue weighted by molar-refractivity contribution is 0.0678. The van der Waals surface area contributed by atoms with E-state index in [1.54, 1.807) is 7.11 Å². The molecule has 0 aliphatic heterocycles. The Morgan fingerprint density at radius 1 is 1.50 bits per heavy atom. The van der Waals surface area contributed by atoms with E-state index >= 15 is 0 Å². The molecule has 0 bridgehead atoms. The van der Waals surface area contributed by atoms with Gasteiger partial charge in [-0.1, -0.05) is 0 Å². The SMILES string of the molecule is COCCN(C)[C@@H]1CCC[C@H]1O. The highest BCUT2D eigenvalue weighted by molar-refractivity contribution is 4.83. The molecule has 2 atom stereocenters. The molecule has 1 aliphatic rings. The van der Waals surface area contributed by atoms with Crippen molar-refractivity contribution in [2.75, 3.05) is 27.3 Å². The molecule has 1 saturated carbocycles. The minimum atomic E-state index is -0.119. The second-order valence-electron chi connectivity index (χ2n) is 3.54. The number of nitrogens with zero attached hydrogens (tertiary/aromatic N) is 1. The number of aliphatic hydroxyl groups is 1. The van der Waals surface area contributed by atoms with E-state index in [1.165, 1.54) is 0 Å². The van der Waals surface area contributed by atoms with E-state index in [4.69, 9.17) is 4.74 Å². The molecule has 0 saturated heterocycles. The van der Waals surface area contributed by atoms with Crippen LogP contribution in [0.1, 0.15) is 19.3 Å². The van der Waals surface area contributed by atoms with Gasteiger partial charge >= 0.3 is 0 Å². The van der Waals surface area contributed by atoms with Crippen LogP contribution in [0, 0.1) is 0 Å². The summed E-state index contributed by atoms with van der Waals surface area (Å²) in [6, 6.07) is 0.361. The van der Waals surface area contributed by atoms with Crippen LogP contribution >= 0.6 is 0 Å². The van der Waals surface area contributed by atoms with E-state index in [9.17, 15) is 5.11 Å². The van der Waals surface area contributed by atoms with Crippen molar-refractivity contribution in [3.63, 3.8) is 0 Å². The molecule has 0 spiro atoms. The van der Waals surface area contributed by atoms with E-state index in [-0.39, 0.29) is 6.10 Å². The molecule has 0 unspecified atom stereocenters. The number of likely N-dealkylation sites (N-methyl/N-ethyl adjacent to an activating group) is 1. The number of aliphatic hydroxyl groups excluding tert-OH is 1. The molecule has 3 heteroatoms. The van der Waals surface area contributed by atoms with Gasteiger partial charge in [0.25, 0.3) is 0 Å². The minimum absolute atomic E-state index is 0.119. The Morgan fingerprint density at radius 3 is 2.75 bits per heavy atom. The number of hydrogen-bond acceptors (Lipinski definition) is 3. The molecule has 1 rings (SSSR count). The van der Waals surface area contributed by atoms with Gasteiger partial charge < -0.3 is 9.84 Å². The van der Waals surface area contributed by atoms with Crippen LogP contribution in [0.4, 0.5) is 0 Å². The number of methoxy groups -OCH3 is 1. The summed E-state index contributed by atoms with van der Waals surface area (Å²) in [7, 11) is 3.76. The highest BCUT2D eigenvalue weighted by Crippen LogP contribution is 2.22. The number of hydrogen-bond donors (Lipinski definition) is 1. The summed E-state index contributed by atoms with van der Waals surface area (Å²) in [6.07, 6.45) is 3.12. The fourth-order valence-corrected chi connectivity index (χ4v) is 1.84. The lowest BCUT2D eigenvalue weighted by Crippen LogP contribution is -2.39. The third-order valence-corrected chi connectivity index (χ3v) is 2.66.